The second-order valence-corrected chi connectivity index (χ2v) is 4.33. The molecule has 0 saturated carbocycles. The van der Waals surface area contributed by atoms with Gasteiger partial charge in [-0.25, -0.2) is 0 Å². The number of likely N-dealkylation sites (tertiary alicyclic amines) is 1. The Morgan fingerprint density at radius 3 is 2.82 bits per heavy atom. The molecule has 1 heterocycles. The van der Waals surface area contributed by atoms with Crippen molar-refractivity contribution in [1.29, 1.82) is 0 Å². The first-order chi connectivity index (χ1) is 8.19. The molecular weight excluding hydrogens is 220 g/mol. The van der Waals surface area contributed by atoms with Crippen molar-refractivity contribution >= 4 is 11.8 Å². The van der Waals surface area contributed by atoms with Crippen LogP contribution in [0.15, 0.2) is 0 Å². The van der Waals surface area contributed by atoms with Crippen LogP contribution < -0.4 is 5.32 Å². The highest BCUT2D eigenvalue weighted by molar-refractivity contribution is 5.80. The third-order valence-electron chi connectivity index (χ3n) is 3.01. The van der Waals surface area contributed by atoms with E-state index < -0.39 is 0 Å². The summed E-state index contributed by atoms with van der Waals surface area (Å²) in [5.41, 5.74) is 0. The van der Waals surface area contributed by atoms with Crippen LogP contribution in [-0.2, 0) is 14.3 Å². The van der Waals surface area contributed by atoms with Crippen molar-refractivity contribution in [1.82, 2.24) is 10.2 Å². The van der Waals surface area contributed by atoms with Crippen LogP contribution in [0.5, 0.6) is 0 Å². The lowest BCUT2D eigenvalue weighted by Gasteiger charge is -2.35. The van der Waals surface area contributed by atoms with Gasteiger partial charge >= 0.3 is 0 Å². The van der Waals surface area contributed by atoms with E-state index in [1.54, 1.807) is 4.90 Å². The molecule has 0 aliphatic carbocycles. The number of carbonyl (C=O) groups is 2. The summed E-state index contributed by atoms with van der Waals surface area (Å²) in [6.45, 7) is 3.38. The number of amides is 2. The van der Waals surface area contributed by atoms with Crippen LogP contribution in [0.25, 0.3) is 0 Å². The molecule has 2 amide bonds. The fourth-order valence-electron chi connectivity index (χ4n) is 2.23. The third-order valence-corrected chi connectivity index (χ3v) is 3.01. The maximum atomic E-state index is 11.8. The smallest absolute Gasteiger partial charge is 0.248 e. The number of hydrogen-bond acceptors (Lipinski definition) is 3. The van der Waals surface area contributed by atoms with E-state index in [1.165, 1.54) is 7.11 Å². The van der Waals surface area contributed by atoms with E-state index in [1.807, 2.05) is 6.92 Å². The van der Waals surface area contributed by atoms with Gasteiger partial charge < -0.3 is 15.0 Å². The van der Waals surface area contributed by atoms with Crippen molar-refractivity contribution in [2.75, 3.05) is 26.8 Å². The monoisotopic (exact) mass is 242 g/mol. The second kappa shape index (κ2) is 7.27. The molecule has 1 atom stereocenters. The zero-order valence-electron chi connectivity index (χ0n) is 10.7. The Hall–Kier alpha value is -1.10. The average Bonchev–Trinajstić information content (AvgIpc) is 2.30. The Labute approximate surface area is 102 Å². The van der Waals surface area contributed by atoms with Crippen molar-refractivity contribution in [3.63, 3.8) is 0 Å². The van der Waals surface area contributed by atoms with E-state index in [0.29, 0.717) is 13.0 Å². The van der Waals surface area contributed by atoms with Gasteiger partial charge in [0.15, 0.2) is 0 Å². The molecule has 1 aliphatic rings. The molecule has 1 saturated heterocycles. The quantitative estimate of drug-likeness (QED) is 0.765. The number of methoxy groups -OCH3 is 1. The molecule has 5 heteroatoms. The van der Waals surface area contributed by atoms with Gasteiger partial charge in [0.05, 0.1) is 0 Å². The predicted molar refractivity (Wildman–Crippen MR) is 64.5 cm³/mol. The fourth-order valence-corrected chi connectivity index (χ4v) is 2.23. The molecule has 1 rings (SSSR count). The van der Waals surface area contributed by atoms with E-state index in [2.05, 4.69) is 5.32 Å². The molecular formula is C12H22N2O3. The van der Waals surface area contributed by atoms with Gasteiger partial charge in [-0.2, -0.15) is 0 Å². The number of hydrogen-bond donors (Lipinski definition) is 1. The van der Waals surface area contributed by atoms with Gasteiger partial charge in [-0.05, 0) is 26.2 Å². The maximum Gasteiger partial charge on any atom is 0.248 e. The largest absolute Gasteiger partial charge is 0.375 e. The molecule has 0 aromatic heterocycles. The minimum absolute atomic E-state index is 0.0125. The Morgan fingerprint density at radius 2 is 2.18 bits per heavy atom. The lowest BCUT2D eigenvalue weighted by Crippen LogP contribution is -2.47. The van der Waals surface area contributed by atoms with Gasteiger partial charge in [-0.3, -0.25) is 9.59 Å². The highest BCUT2D eigenvalue weighted by atomic mass is 16.5. The molecule has 1 unspecified atom stereocenters. The minimum Gasteiger partial charge on any atom is -0.375 e. The van der Waals surface area contributed by atoms with Gasteiger partial charge in [0.2, 0.25) is 11.8 Å². The van der Waals surface area contributed by atoms with Crippen LogP contribution in [0.3, 0.4) is 0 Å². The Morgan fingerprint density at radius 1 is 1.41 bits per heavy atom. The number of piperidine rings is 1. The molecule has 0 spiro atoms. The van der Waals surface area contributed by atoms with Crippen LogP contribution >= 0.6 is 0 Å². The molecule has 1 fully saturated rings. The van der Waals surface area contributed by atoms with Crippen LogP contribution in [0, 0.1) is 0 Å². The highest BCUT2D eigenvalue weighted by Gasteiger charge is 2.27. The van der Waals surface area contributed by atoms with Crippen molar-refractivity contribution < 1.29 is 14.3 Å². The van der Waals surface area contributed by atoms with Crippen LogP contribution in [-0.4, -0.2) is 49.6 Å². The Balaban J connectivity index is 2.53. The molecule has 0 bridgehead atoms. The van der Waals surface area contributed by atoms with Crippen molar-refractivity contribution in [3.8, 4) is 0 Å². The molecule has 17 heavy (non-hydrogen) atoms. The number of ether oxygens (including phenoxy) is 1. The van der Waals surface area contributed by atoms with Gasteiger partial charge in [0.1, 0.15) is 6.61 Å². The normalized spacial score (nSPS) is 20.1. The zero-order valence-corrected chi connectivity index (χ0v) is 10.7. The number of carbonyl (C=O) groups excluding carboxylic acids is 2. The summed E-state index contributed by atoms with van der Waals surface area (Å²) < 4.78 is 4.87. The summed E-state index contributed by atoms with van der Waals surface area (Å²) in [4.78, 5) is 25.2. The summed E-state index contributed by atoms with van der Waals surface area (Å²) in [6.07, 6.45) is 3.41. The molecule has 1 N–H and O–H groups in total. The topological polar surface area (TPSA) is 58.6 Å². The lowest BCUT2D eigenvalue weighted by atomic mass is 9.99. The summed E-state index contributed by atoms with van der Waals surface area (Å²) in [5.74, 6) is 0.0103. The van der Waals surface area contributed by atoms with Crippen molar-refractivity contribution in [2.45, 2.75) is 38.6 Å². The first kappa shape index (κ1) is 14.0. The standard InChI is InChI=1S/C12H22N2O3/c1-3-13-11(15)8-10-6-4-5-7-14(10)12(16)9-17-2/h10H,3-9H2,1-2H3,(H,13,15). The third kappa shape index (κ3) is 4.34. The summed E-state index contributed by atoms with van der Waals surface area (Å²) >= 11 is 0. The van der Waals surface area contributed by atoms with E-state index in [-0.39, 0.29) is 24.5 Å². The predicted octanol–water partition coefficient (Wildman–Crippen LogP) is 0.540. The van der Waals surface area contributed by atoms with E-state index in [0.717, 1.165) is 25.8 Å². The van der Waals surface area contributed by atoms with Crippen molar-refractivity contribution in [3.05, 3.63) is 0 Å². The van der Waals surface area contributed by atoms with Gasteiger partial charge in [-0.1, -0.05) is 0 Å². The van der Waals surface area contributed by atoms with Gasteiger partial charge in [0, 0.05) is 32.7 Å². The molecule has 0 aromatic carbocycles. The minimum atomic E-state index is -0.0125. The van der Waals surface area contributed by atoms with Gasteiger partial charge in [0.25, 0.3) is 0 Å². The van der Waals surface area contributed by atoms with E-state index in [9.17, 15) is 9.59 Å². The molecule has 5 nitrogen and oxygen atoms in total. The van der Waals surface area contributed by atoms with Gasteiger partial charge in [-0.15, -0.1) is 0 Å². The number of rotatable bonds is 5. The molecule has 98 valence electrons. The van der Waals surface area contributed by atoms with Crippen LogP contribution in [0.2, 0.25) is 0 Å². The first-order valence-electron chi connectivity index (χ1n) is 6.24. The van der Waals surface area contributed by atoms with Crippen LogP contribution in [0.4, 0.5) is 0 Å². The number of nitrogens with one attached hydrogen (secondary N) is 1. The SMILES string of the molecule is CCNC(=O)CC1CCCCN1C(=O)COC. The van der Waals surface area contributed by atoms with Crippen molar-refractivity contribution in [2.24, 2.45) is 0 Å². The summed E-state index contributed by atoms with van der Waals surface area (Å²) in [7, 11) is 1.51. The molecule has 0 aromatic rings. The number of nitrogens with zero attached hydrogens (tertiary/aromatic N) is 1. The maximum absolute atomic E-state index is 11.8. The Kier molecular flexibility index (Phi) is 5.97. The molecule has 1 aliphatic heterocycles. The fraction of sp³-hybridized carbons (Fsp3) is 0.833. The summed E-state index contributed by atoms with van der Waals surface area (Å²) in [6, 6.07) is 0.0398. The summed E-state index contributed by atoms with van der Waals surface area (Å²) in [5, 5.41) is 2.78. The molecule has 0 radical (unpaired) electrons. The van der Waals surface area contributed by atoms with E-state index >= 15 is 0 Å². The average molecular weight is 242 g/mol. The highest BCUT2D eigenvalue weighted by Crippen LogP contribution is 2.19. The van der Waals surface area contributed by atoms with Crippen LogP contribution in [0.1, 0.15) is 32.6 Å². The Bertz CT molecular complexity index is 268. The zero-order chi connectivity index (χ0) is 12.7. The first-order valence-corrected chi connectivity index (χ1v) is 6.24. The second-order valence-electron chi connectivity index (χ2n) is 4.33. The lowest BCUT2D eigenvalue weighted by molar-refractivity contribution is -0.139. The van der Waals surface area contributed by atoms with E-state index in [4.69, 9.17) is 4.74 Å².